The molecule has 0 fully saturated rings. The van der Waals surface area contributed by atoms with Crippen molar-refractivity contribution in [1.82, 2.24) is 0 Å². The third-order valence-corrected chi connectivity index (χ3v) is 5.20. The maximum Gasteiger partial charge on any atom is 0.0704 e. The third kappa shape index (κ3) is 60.7. The molecule has 0 unspecified atom stereocenters. The van der Waals surface area contributed by atoms with E-state index in [1.807, 2.05) is 0 Å². The minimum Gasteiger partial charge on any atom is -0.394 e. The number of rotatable bonds is 38. The summed E-state index contributed by atoms with van der Waals surface area (Å²) in [6.07, 6.45) is 8.33. The van der Waals surface area contributed by atoms with E-state index in [2.05, 4.69) is 27.0 Å². The first-order chi connectivity index (χ1) is 23.2. The van der Waals surface area contributed by atoms with E-state index >= 15 is 0 Å². The molecule has 0 atom stereocenters. The molecule has 13 heteroatoms. The third-order valence-electron chi connectivity index (χ3n) is 5.20. The number of unbranched alkanes of at least 4 members (excludes halogenated alkanes) is 2. The minimum atomic E-state index is 0.0386. The zero-order chi connectivity index (χ0) is 35.0. The van der Waals surface area contributed by atoms with Crippen LogP contribution in [0.1, 0.15) is 39.5 Å². The van der Waals surface area contributed by atoms with E-state index in [0.29, 0.717) is 132 Å². The lowest BCUT2D eigenvalue weighted by Gasteiger charge is -2.07. The average molecular weight is 687 g/mol. The number of hydrogen-bond donors (Lipinski definition) is 2. The maximum absolute atomic E-state index is 8.41. The van der Waals surface area contributed by atoms with Gasteiger partial charge in [-0.25, -0.2) is 0 Å². The molecule has 0 aliphatic rings. The van der Waals surface area contributed by atoms with Crippen molar-refractivity contribution in [1.29, 1.82) is 0 Å². The summed E-state index contributed by atoms with van der Waals surface area (Å²) in [6, 6.07) is 0. The van der Waals surface area contributed by atoms with Crippen LogP contribution in [0.5, 0.6) is 0 Å². The zero-order valence-electron chi connectivity index (χ0n) is 29.8. The first kappa shape index (κ1) is 50.3. The predicted octanol–water partition coefficient (Wildman–Crippen LogP) is 3.10. The molecule has 0 radical (unpaired) electrons. The zero-order valence-corrected chi connectivity index (χ0v) is 29.8. The van der Waals surface area contributed by atoms with Crippen LogP contribution in [0.25, 0.3) is 0 Å². The van der Waals surface area contributed by atoms with Gasteiger partial charge in [0.2, 0.25) is 0 Å². The van der Waals surface area contributed by atoms with E-state index in [1.54, 1.807) is 12.2 Å². The molecular formula is C34H70O13. The SMILES string of the molecule is C=CCOCCOCCOCCOCCOCCOCC=C.CCCCOCCCC.OCCOCCOCCOCCOCCO. The largest absolute Gasteiger partial charge is 0.394 e. The Morgan fingerprint density at radius 2 is 0.553 bits per heavy atom. The molecule has 0 aromatic carbocycles. The predicted molar refractivity (Wildman–Crippen MR) is 183 cm³/mol. The smallest absolute Gasteiger partial charge is 0.0704 e. The second-order valence-electron chi connectivity index (χ2n) is 9.39. The summed E-state index contributed by atoms with van der Waals surface area (Å²) in [6.45, 7) is 23.9. The first-order valence-corrected chi connectivity index (χ1v) is 17.0. The molecule has 0 rings (SSSR count). The van der Waals surface area contributed by atoms with Crippen molar-refractivity contribution in [2.45, 2.75) is 39.5 Å². The molecule has 0 saturated carbocycles. The summed E-state index contributed by atoms with van der Waals surface area (Å²) in [5.41, 5.74) is 0. The Morgan fingerprint density at radius 3 is 0.766 bits per heavy atom. The lowest BCUT2D eigenvalue weighted by molar-refractivity contribution is -0.0145. The Balaban J connectivity index is -0.000000675. The first-order valence-electron chi connectivity index (χ1n) is 17.0. The summed E-state index contributed by atoms with van der Waals surface area (Å²) in [4.78, 5) is 0. The molecule has 2 N–H and O–H groups in total. The molecule has 0 aromatic heterocycles. The monoisotopic (exact) mass is 686 g/mol. The van der Waals surface area contributed by atoms with Crippen LogP contribution in [0.4, 0.5) is 0 Å². The number of aliphatic hydroxyl groups excluding tert-OH is 2. The Morgan fingerprint density at radius 1 is 0.340 bits per heavy atom. The molecular weight excluding hydrogens is 616 g/mol. The molecule has 0 saturated heterocycles. The molecule has 0 aromatic rings. The summed E-state index contributed by atoms with van der Waals surface area (Å²) < 4.78 is 57.4. The van der Waals surface area contributed by atoms with Crippen molar-refractivity contribution in [3.63, 3.8) is 0 Å². The van der Waals surface area contributed by atoms with Gasteiger partial charge in [0.25, 0.3) is 0 Å². The van der Waals surface area contributed by atoms with Crippen LogP contribution in [0.2, 0.25) is 0 Å². The highest BCUT2D eigenvalue weighted by Crippen LogP contribution is 1.91. The minimum absolute atomic E-state index is 0.0386. The lowest BCUT2D eigenvalue weighted by Crippen LogP contribution is -2.14. The fourth-order valence-corrected chi connectivity index (χ4v) is 2.82. The standard InChI is InChI=1S/C16H30O6.C10H22O6.C8H18O/c1-3-5-17-7-9-19-11-13-21-15-16-22-14-12-20-10-8-18-6-4-2;11-1-3-13-5-7-15-9-10-16-8-6-14-4-2-12;1-3-5-7-9-8-6-4-2/h3-4H,1-2,5-16H2;11-12H,1-10H2;3-8H2,1-2H3. The van der Waals surface area contributed by atoms with E-state index in [9.17, 15) is 0 Å². The molecule has 13 nitrogen and oxygen atoms in total. The number of aliphatic hydroxyl groups is 2. The Bertz CT molecular complexity index is 486. The van der Waals surface area contributed by atoms with Gasteiger partial charge in [-0.3, -0.25) is 0 Å². The van der Waals surface area contributed by atoms with E-state index < -0.39 is 0 Å². The number of ether oxygens (including phenoxy) is 11. The van der Waals surface area contributed by atoms with Gasteiger partial charge in [-0.1, -0.05) is 38.8 Å². The molecule has 0 amide bonds. The van der Waals surface area contributed by atoms with Gasteiger partial charge < -0.3 is 62.3 Å². The van der Waals surface area contributed by atoms with Gasteiger partial charge in [0.1, 0.15) is 0 Å². The molecule has 284 valence electrons. The van der Waals surface area contributed by atoms with Crippen LogP contribution in [0, 0.1) is 0 Å². The molecule has 0 spiro atoms. The van der Waals surface area contributed by atoms with Gasteiger partial charge in [-0.05, 0) is 12.8 Å². The summed E-state index contributed by atoms with van der Waals surface area (Å²) in [5.74, 6) is 0. The van der Waals surface area contributed by atoms with Crippen LogP contribution < -0.4 is 0 Å². The Kier molecular flexibility index (Phi) is 58.3. The quantitative estimate of drug-likeness (QED) is 0.0727. The van der Waals surface area contributed by atoms with Crippen molar-refractivity contribution in [3.05, 3.63) is 25.3 Å². The summed E-state index contributed by atoms with van der Waals surface area (Å²) in [5, 5.41) is 16.8. The van der Waals surface area contributed by atoms with E-state index in [4.69, 9.17) is 62.3 Å². The van der Waals surface area contributed by atoms with Crippen molar-refractivity contribution in [2.75, 3.05) is 159 Å². The Hall–Kier alpha value is -1.04. The average Bonchev–Trinajstić information content (AvgIpc) is 3.09. The van der Waals surface area contributed by atoms with Gasteiger partial charge in [-0.2, -0.15) is 0 Å². The highest BCUT2D eigenvalue weighted by atomic mass is 16.6. The highest BCUT2D eigenvalue weighted by Gasteiger charge is 1.94. The van der Waals surface area contributed by atoms with Crippen molar-refractivity contribution < 1.29 is 62.3 Å². The van der Waals surface area contributed by atoms with Gasteiger partial charge in [-0.15, -0.1) is 13.2 Å². The second-order valence-corrected chi connectivity index (χ2v) is 9.39. The van der Waals surface area contributed by atoms with Crippen LogP contribution >= 0.6 is 0 Å². The molecule has 0 aliphatic heterocycles. The van der Waals surface area contributed by atoms with E-state index in [1.165, 1.54) is 25.7 Å². The van der Waals surface area contributed by atoms with E-state index in [-0.39, 0.29) is 13.2 Å². The normalized spacial score (nSPS) is 10.6. The number of hydrogen-bond acceptors (Lipinski definition) is 13. The summed E-state index contributed by atoms with van der Waals surface area (Å²) in [7, 11) is 0. The fourth-order valence-electron chi connectivity index (χ4n) is 2.82. The van der Waals surface area contributed by atoms with Gasteiger partial charge in [0, 0.05) is 13.2 Å². The van der Waals surface area contributed by atoms with Crippen LogP contribution in [0.15, 0.2) is 25.3 Å². The summed E-state index contributed by atoms with van der Waals surface area (Å²) >= 11 is 0. The van der Waals surface area contributed by atoms with E-state index in [0.717, 1.165) is 13.2 Å². The van der Waals surface area contributed by atoms with Gasteiger partial charge >= 0.3 is 0 Å². The van der Waals surface area contributed by atoms with Crippen LogP contribution in [-0.2, 0) is 52.1 Å². The highest BCUT2D eigenvalue weighted by molar-refractivity contribution is 4.63. The molecule has 0 heterocycles. The van der Waals surface area contributed by atoms with Crippen molar-refractivity contribution >= 4 is 0 Å². The van der Waals surface area contributed by atoms with Gasteiger partial charge in [0.05, 0.1) is 145 Å². The fraction of sp³-hybridized carbons (Fsp3) is 0.882. The van der Waals surface area contributed by atoms with Crippen molar-refractivity contribution in [2.24, 2.45) is 0 Å². The molecule has 0 aliphatic carbocycles. The molecule has 47 heavy (non-hydrogen) atoms. The van der Waals surface area contributed by atoms with Crippen LogP contribution in [0.3, 0.4) is 0 Å². The lowest BCUT2D eigenvalue weighted by atomic mass is 10.3. The molecule has 0 bridgehead atoms. The second kappa shape index (κ2) is 54.4. The Labute approximate surface area is 285 Å². The van der Waals surface area contributed by atoms with Crippen molar-refractivity contribution in [3.8, 4) is 0 Å². The maximum atomic E-state index is 8.41. The van der Waals surface area contributed by atoms with Gasteiger partial charge in [0.15, 0.2) is 0 Å². The topological polar surface area (TPSA) is 142 Å². The van der Waals surface area contributed by atoms with Crippen LogP contribution in [-0.4, -0.2) is 169 Å².